The van der Waals surface area contributed by atoms with Gasteiger partial charge in [-0.05, 0) is 36.2 Å². The van der Waals surface area contributed by atoms with Gasteiger partial charge >= 0.3 is 5.97 Å². The number of ether oxygens (including phenoxy) is 1. The summed E-state index contributed by atoms with van der Waals surface area (Å²) in [5, 5.41) is 2.96. The largest absolute Gasteiger partial charge is 0.467 e. The van der Waals surface area contributed by atoms with Gasteiger partial charge in [-0.2, -0.15) is 0 Å². The molecule has 0 saturated heterocycles. The molecule has 0 aliphatic carbocycles. The minimum absolute atomic E-state index is 0.169. The van der Waals surface area contributed by atoms with Gasteiger partial charge in [-0.25, -0.2) is 13.6 Å². The highest BCUT2D eigenvalue weighted by molar-refractivity contribution is 5.81. The molecule has 110 valence electrons. The summed E-state index contributed by atoms with van der Waals surface area (Å²) in [6.07, 6.45) is 0. The summed E-state index contributed by atoms with van der Waals surface area (Å²) >= 11 is 0. The van der Waals surface area contributed by atoms with Gasteiger partial charge in [0.2, 0.25) is 0 Å². The lowest BCUT2D eigenvalue weighted by molar-refractivity contribution is -0.141. The number of halogens is 2. The summed E-state index contributed by atoms with van der Waals surface area (Å²) in [5.74, 6) is -2.11. The van der Waals surface area contributed by atoms with Crippen LogP contribution in [0.25, 0.3) is 0 Å². The summed E-state index contributed by atoms with van der Waals surface area (Å²) in [5.41, 5.74) is 1.77. The number of benzene rings is 2. The fraction of sp³-hybridized carbons (Fsp3) is 0.188. The number of carbonyl (C=O) groups excluding carboxylic acids is 1. The number of rotatable bonds is 4. The number of hydrogen-bond donors (Lipinski definition) is 1. The lowest BCUT2D eigenvalue weighted by atomic mass is 10.1. The first-order valence-corrected chi connectivity index (χ1v) is 6.37. The van der Waals surface area contributed by atoms with Crippen LogP contribution in [0.4, 0.5) is 14.5 Å². The zero-order valence-corrected chi connectivity index (χ0v) is 11.7. The molecule has 3 nitrogen and oxygen atoms in total. The Morgan fingerprint density at radius 1 is 1.14 bits per heavy atom. The van der Waals surface area contributed by atoms with Crippen LogP contribution >= 0.6 is 0 Å². The molecular weight excluding hydrogens is 276 g/mol. The Morgan fingerprint density at radius 2 is 1.76 bits per heavy atom. The Bertz CT molecular complexity index is 638. The third-order valence-corrected chi connectivity index (χ3v) is 3.10. The lowest BCUT2D eigenvalue weighted by Gasteiger charge is -2.19. The molecule has 2 rings (SSSR count). The molecule has 0 aromatic heterocycles. The van der Waals surface area contributed by atoms with Crippen molar-refractivity contribution in [3.8, 4) is 0 Å². The van der Waals surface area contributed by atoms with Crippen LogP contribution in [0, 0.1) is 18.6 Å². The van der Waals surface area contributed by atoms with E-state index in [2.05, 4.69) is 5.32 Å². The van der Waals surface area contributed by atoms with Crippen molar-refractivity contribution in [2.24, 2.45) is 0 Å². The smallest absolute Gasteiger partial charge is 0.332 e. The third-order valence-electron chi connectivity index (χ3n) is 3.10. The molecule has 21 heavy (non-hydrogen) atoms. The Kier molecular flexibility index (Phi) is 4.52. The second-order valence-electron chi connectivity index (χ2n) is 4.62. The quantitative estimate of drug-likeness (QED) is 0.875. The van der Waals surface area contributed by atoms with Crippen molar-refractivity contribution >= 4 is 11.7 Å². The summed E-state index contributed by atoms with van der Waals surface area (Å²) in [4.78, 5) is 11.9. The summed E-state index contributed by atoms with van der Waals surface area (Å²) in [6, 6.07) is 9.29. The monoisotopic (exact) mass is 291 g/mol. The van der Waals surface area contributed by atoms with E-state index in [0.29, 0.717) is 5.69 Å². The standard InChI is InChI=1S/C16H15F2NO2/c1-10-5-3-4-6-14(10)19-15(16(20)21-2)11-7-12(17)9-13(18)8-11/h3-9,15,19H,1-2H3. The van der Waals surface area contributed by atoms with E-state index in [0.717, 1.165) is 23.8 Å². The second kappa shape index (κ2) is 6.35. The van der Waals surface area contributed by atoms with Crippen LogP contribution in [0.1, 0.15) is 17.2 Å². The van der Waals surface area contributed by atoms with E-state index in [1.54, 1.807) is 12.1 Å². The SMILES string of the molecule is COC(=O)C(Nc1ccccc1C)c1cc(F)cc(F)c1. The number of carbonyl (C=O) groups is 1. The first-order valence-electron chi connectivity index (χ1n) is 6.37. The molecule has 0 fully saturated rings. The van der Waals surface area contributed by atoms with Gasteiger partial charge in [-0.3, -0.25) is 0 Å². The molecule has 2 aromatic rings. The predicted octanol–water partition coefficient (Wildman–Crippen LogP) is 3.60. The van der Waals surface area contributed by atoms with Crippen molar-refractivity contribution in [3.63, 3.8) is 0 Å². The van der Waals surface area contributed by atoms with E-state index in [-0.39, 0.29) is 5.56 Å². The Balaban J connectivity index is 2.39. The first kappa shape index (κ1) is 15.0. The Hall–Kier alpha value is -2.43. The highest BCUT2D eigenvalue weighted by Gasteiger charge is 2.23. The molecule has 0 radical (unpaired) electrons. The fourth-order valence-corrected chi connectivity index (χ4v) is 2.03. The fourth-order valence-electron chi connectivity index (χ4n) is 2.03. The molecule has 0 aliphatic heterocycles. The molecular formula is C16H15F2NO2. The van der Waals surface area contributed by atoms with Gasteiger partial charge in [0.1, 0.15) is 11.6 Å². The molecule has 5 heteroatoms. The molecule has 1 atom stereocenters. The van der Waals surface area contributed by atoms with E-state index in [1.807, 2.05) is 19.1 Å². The number of anilines is 1. The minimum Gasteiger partial charge on any atom is -0.467 e. The van der Waals surface area contributed by atoms with Gasteiger partial charge < -0.3 is 10.1 Å². The Morgan fingerprint density at radius 3 is 2.33 bits per heavy atom. The summed E-state index contributed by atoms with van der Waals surface area (Å²) in [6.45, 7) is 1.86. The van der Waals surface area contributed by atoms with E-state index in [4.69, 9.17) is 4.74 Å². The van der Waals surface area contributed by atoms with Crippen LogP contribution in [-0.4, -0.2) is 13.1 Å². The first-order chi connectivity index (χ1) is 10.0. The highest BCUT2D eigenvalue weighted by atomic mass is 19.1. The molecule has 0 bridgehead atoms. The topological polar surface area (TPSA) is 38.3 Å². The van der Waals surface area contributed by atoms with Gasteiger partial charge in [0.25, 0.3) is 0 Å². The van der Waals surface area contributed by atoms with E-state index in [9.17, 15) is 13.6 Å². The van der Waals surface area contributed by atoms with Crippen molar-refractivity contribution in [1.82, 2.24) is 0 Å². The Labute approximate surface area is 121 Å². The van der Waals surface area contributed by atoms with Crippen molar-refractivity contribution in [2.45, 2.75) is 13.0 Å². The van der Waals surface area contributed by atoms with Crippen molar-refractivity contribution in [3.05, 3.63) is 65.2 Å². The van der Waals surface area contributed by atoms with Gasteiger partial charge in [0.05, 0.1) is 7.11 Å². The molecule has 0 spiro atoms. The van der Waals surface area contributed by atoms with Crippen LogP contribution in [0.15, 0.2) is 42.5 Å². The normalized spacial score (nSPS) is 11.8. The third kappa shape index (κ3) is 3.56. The van der Waals surface area contributed by atoms with Crippen LogP contribution in [0.2, 0.25) is 0 Å². The van der Waals surface area contributed by atoms with Crippen LogP contribution in [0.3, 0.4) is 0 Å². The average Bonchev–Trinajstić information content (AvgIpc) is 2.44. The number of esters is 1. The number of methoxy groups -OCH3 is 1. The van der Waals surface area contributed by atoms with Crippen molar-refractivity contribution in [2.75, 3.05) is 12.4 Å². The molecule has 2 aromatic carbocycles. The highest BCUT2D eigenvalue weighted by Crippen LogP contribution is 2.24. The summed E-state index contributed by atoms with van der Waals surface area (Å²) in [7, 11) is 1.23. The van der Waals surface area contributed by atoms with E-state index in [1.165, 1.54) is 7.11 Å². The lowest BCUT2D eigenvalue weighted by Crippen LogP contribution is -2.23. The minimum atomic E-state index is -0.985. The van der Waals surface area contributed by atoms with Crippen LogP contribution in [-0.2, 0) is 9.53 Å². The van der Waals surface area contributed by atoms with E-state index < -0.39 is 23.6 Å². The molecule has 0 aliphatic rings. The maximum atomic E-state index is 13.4. The molecule has 0 saturated carbocycles. The number of para-hydroxylation sites is 1. The van der Waals surface area contributed by atoms with Gasteiger partial charge in [-0.1, -0.05) is 18.2 Å². The van der Waals surface area contributed by atoms with Gasteiger partial charge in [0, 0.05) is 11.8 Å². The zero-order chi connectivity index (χ0) is 15.4. The molecule has 0 heterocycles. The zero-order valence-electron chi connectivity index (χ0n) is 11.7. The molecule has 0 amide bonds. The molecule has 1 N–H and O–H groups in total. The van der Waals surface area contributed by atoms with Gasteiger partial charge in [0.15, 0.2) is 6.04 Å². The van der Waals surface area contributed by atoms with Crippen molar-refractivity contribution in [1.29, 1.82) is 0 Å². The van der Waals surface area contributed by atoms with E-state index >= 15 is 0 Å². The maximum absolute atomic E-state index is 13.4. The summed E-state index contributed by atoms with van der Waals surface area (Å²) < 4.78 is 31.4. The maximum Gasteiger partial charge on any atom is 0.332 e. The van der Waals surface area contributed by atoms with Crippen molar-refractivity contribution < 1.29 is 18.3 Å². The number of nitrogens with one attached hydrogen (secondary N) is 1. The molecule has 1 unspecified atom stereocenters. The van der Waals surface area contributed by atoms with Crippen LogP contribution < -0.4 is 5.32 Å². The number of aryl methyl sites for hydroxylation is 1. The predicted molar refractivity (Wildman–Crippen MR) is 75.9 cm³/mol. The van der Waals surface area contributed by atoms with Crippen LogP contribution in [0.5, 0.6) is 0 Å². The number of hydrogen-bond acceptors (Lipinski definition) is 3. The second-order valence-corrected chi connectivity index (χ2v) is 4.62. The van der Waals surface area contributed by atoms with Gasteiger partial charge in [-0.15, -0.1) is 0 Å². The average molecular weight is 291 g/mol.